The molecule has 0 aromatic rings. The Bertz CT molecular complexity index is 1160. The van der Waals surface area contributed by atoms with E-state index in [-0.39, 0.29) is 31.1 Å². The van der Waals surface area contributed by atoms with Gasteiger partial charge in [-0.25, -0.2) is 0 Å². The van der Waals surface area contributed by atoms with E-state index < -0.39 is 6.10 Å². The molecule has 0 saturated heterocycles. The number of allylic oxidation sites excluding steroid dienone is 6. The molecule has 0 aliphatic heterocycles. The summed E-state index contributed by atoms with van der Waals surface area (Å²) in [6, 6.07) is 0. The summed E-state index contributed by atoms with van der Waals surface area (Å²) in [7, 11) is 0. The highest BCUT2D eigenvalue weighted by Crippen LogP contribution is 2.17. The van der Waals surface area contributed by atoms with Gasteiger partial charge in [0.25, 0.3) is 0 Å². The molecule has 0 spiro atoms. The Morgan fingerprint density at radius 3 is 0.841 bits per heavy atom. The van der Waals surface area contributed by atoms with Gasteiger partial charge in [0.2, 0.25) is 0 Å². The average Bonchev–Trinajstić information content (AvgIpc) is 3.35. The average molecular weight is 970 g/mol. The standard InChI is InChI=1S/C63H116O6/c1-4-7-10-13-16-19-22-25-27-29-30-31-32-34-35-38-41-44-47-50-53-56-62(65)68-59-60(58-67-61(64)55-52-49-46-43-40-37-24-21-18-15-12-9-6-3)69-63(66)57-54-51-48-45-42-39-36-33-28-26-23-20-17-14-11-8-5-2/h17,20,26,28-30,60H,4-16,18-19,21-25,27,31-59H2,1-3H3/b20-17-,28-26-,30-29-. The minimum atomic E-state index is -0.774. The molecule has 0 radical (unpaired) electrons. The van der Waals surface area contributed by atoms with Gasteiger partial charge < -0.3 is 14.2 Å². The van der Waals surface area contributed by atoms with Crippen molar-refractivity contribution in [2.45, 2.75) is 335 Å². The molecule has 6 nitrogen and oxygen atoms in total. The van der Waals surface area contributed by atoms with Crippen LogP contribution in [0.4, 0.5) is 0 Å². The van der Waals surface area contributed by atoms with Crippen molar-refractivity contribution in [3.8, 4) is 0 Å². The first-order valence-corrected chi connectivity index (χ1v) is 30.5. The third kappa shape index (κ3) is 56.4. The Labute approximate surface area is 429 Å². The maximum Gasteiger partial charge on any atom is 0.306 e. The SMILES string of the molecule is CCCCC/C=C\C/C=C\CCCCCCCCCC(=O)OC(COC(=O)CCCCCCCCCCC/C=C\CCCCCCCCCC)COC(=O)CCCCCCCCCCCCCCC. The van der Waals surface area contributed by atoms with E-state index >= 15 is 0 Å². The molecule has 0 saturated carbocycles. The Morgan fingerprint density at radius 1 is 0.290 bits per heavy atom. The molecule has 0 fully saturated rings. The zero-order valence-corrected chi connectivity index (χ0v) is 46.3. The zero-order chi connectivity index (χ0) is 50.0. The summed E-state index contributed by atoms with van der Waals surface area (Å²) < 4.78 is 16.9. The van der Waals surface area contributed by atoms with E-state index in [0.29, 0.717) is 19.3 Å². The van der Waals surface area contributed by atoms with Gasteiger partial charge in [-0.1, -0.05) is 269 Å². The molecule has 0 N–H and O–H groups in total. The number of esters is 3. The lowest BCUT2D eigenvalue weighted by Gasteiger charge is -2.18. The third-order valence-electron chi connectivity index (χ3n) is 13.6. The van der Waals surface area contributed by atoms with Crippen LogP contribution in [0.1, 0.15) is 329 Å². The van der Waals surface area contributed by atoms with Crippen LogP contribution >= 0.6 is 0 Å². The molecule has 6 heteroatoms. The summed E-state index contributed by atoms with van der Waals surface area (Å²) in [4.78, 5) is 38.2. The minimum absolute atomic E-state index is 0.0721. The van der Waals surface area contributed by atoms with Crippen LogP contribution in [0.2, 0.25) is 0 Å². The fourth-order valence-electron chi connectivity index (χ4n) is 9.00. The van der Waals surface area contributed by atoms with Crippen LogP contribution in [0, 0.1) is 0 Å². The number of carbonyl (C=O) groups is 3. The molecular weight excluding hydrogens is 853 g/mol. The molecule has 0 aromatic heterocycles. The molecule has 0 heterocycles. The summed E-state index contributed by atoms with van der Waals surface area (Å²) in [6.45, 7) is 6.65. The van der Waals surface area contributed by atoms with Gasteiger partial charge in [-0.05, 0) is 77.0 Å². The Hall–Kier alpha value is -2.37. The number of hydrogen-bond donors (Lipinski definition) is 0. The first kappa shape index (κ1) is 66.6. The largest absolute Gasteiger partial charge is 0.462 e. The second-order valence-corrected chi connectivity index (χ2v) is 20.6. The number of unbranched alkanes of at least 4 members (excludes halogenated alkanes) is 39. The zero-order valence-electron chi connectivity index (χ0n) is 46.3. The highest BCUT2D eigenvalue weighted by atomic mass is 16.6. The second kappa shape index (κ2) is 58.2. The van der Waals surface area contributed by atoms with Crippen LogP contribution in [0.15, 0.2) is 36.5 Å². The lowest BCUT2D eigenvalue weighted by atomic mass is 10.0. The van der Waals surface area contributed by atoms with Crippen molar-refractivity contribution in [1.29, 1.82) is 0 Å². The number of ether oxygens (including phenoxy) is 3. The minimum Gasteiger partial charge on any atom is -0.462 e. The molecule has 0 aliphatic rings. The quantitative estimate of drug-likeness (QED) is 0.0261. The van der Waals surface area contributed by atoms with Crippen molar-refractivity contribution in [2.75, 3.05) is 13.2 Å². The molecule has 69 heavy (non-hydrogen) atoms. The predicted octanol–water partition coefficient (Wildman–Crippen LogP) is 20.4. The monoisotopic (exact) mass is 969 g/mol. The lowest BCUT2D eigenvalue weighted by Crippen LogP contribution is -2.30. The molecule has 0 aromatic carbocycles. The van der Waals surface area contributed by atoms with E-state index in [2.05, 4.69) is 57.2 Å². The van der Waals surface area contributed by atoms with Crippen LogP contribution < -0.4 is 0 Å². The van der Waals surface area contributed by atoms with Gasteiger partial charge in [0.1, 0.15) is 13.2 Å². The van der Waals surface area contributed by atoms with Crippen LogP contribution in [0.3, 0.4) is 0 Å². The molecule has 0 amide bonds. The van der Waals surface area contributed by atoms with Crippen molar-refractivity contribution in [2.24, 2.45) is 0 Å². The first-order chi connectivity index (χ1) is 34.0. The Morgan fingerprint density at radius 2 is 0.522 bits per heavy atom. The van der Waals surface area contributed by atoms with Crippen molar-refractivity contribution in [3.63, 3.8) is 0 Å². The molecule has 1 atom stereocenters. The number of carbonyl (C=O) groups excluding carboxylic acids is 3. The second-order valence-electron chi connectivity index (χ2n) is 20.6. The normalized spacial score (nSPS) is 12.2. The molecule has 0 bridgehead atoms. The summed E-state index contributed by atoms with van der Waals surface area (Å²) in [5, 5.41) is 0. The number of rotatable bonds is 56. The van der Waals surface area contributed by atoms with Gasteiger partial charge in [-0.2, -0.15) is 0 Å². The van der Waals surface area contributed by atoms with Crippen molar-refractivity contribution < 1.29 is 28.6 Å². The van der Waals surface area contributed by atoms with E-state index in [9.17, 15) is 14.4 Å². The highest BCUT2D eigenvalue weighted by molar-refractivity contribution is 5.71. The maximum absolute atomic E-state index is 12.9. The fourth-order valence-corrected chi connectivity index (χ4v) is 9.00. The van der Waals surface area contributed by atoms with Crippen LogP contribution in [0.25, 0.3) is 0 Å². The Kier molecular flexibility index (Phi) is 56.2. The van der Waals surface area contributed by atoms with E-state index in [4.69, 9.17) is 14.2 Å². The van der Waals surface area contributed by atoms with Crippen LogP contribution in [-0.2, 0) is 28.6 Å². The van der Waals surface area contributed by atoms with E-state index in [1.807, 2.05) is 0 Å². The van der Waals surface area contributed by atoms with Gasteiger partial charge >= 0.3 is 17.9 Å². The van der Waals surface area contributed by atoms with Crippen molar-refractivity contribution >= 4 is 17.9 Å². The van der Waals surface area contributed by atoms with E-state index in [1.54, 1.807) is 0 Å². The highest BCUT2D eigenvalue weighted by Gasteiger charge is 2.19. The van der Waals surface area contributed by atoms with Gasteiger partial charge in [0, 0.05) is 19.3 Å². The van der Waals surface area contributed by atoms with Crippen LogP contribution in [-0.4, -0.2) is 37.2 Å². The van der Waals surface area contributed by atoms with Crippen LogP contribution in [0.5, 0.6) is 0 Å². The predicted molar refractivity (Wildman–Crippen MR) is 298 cm³/mol. The molecule has 404 valence electrons. The smallest absolute Gasteiger partial charge is 0.306 e. The topological polar surface area (TPSA) is 78.9 Å². The summed E-state index contributed by atoms with van der Waals surface area (Å²) in [6.07, 6.45) is 69.9. The van der Waals surface area contributed by atoms with E-state index in [1.165, 1.54) is 218 Å². The van der Waals surface area contributed by atoms with E-state index in [0.717, 1.165) is 70.6 Å². The Balaban J connectivity index is 4.31. The summed E-state index contributed by atoms with van der Waals surface area (Å²) in [5.41, 5.74) is 0. The lowest BCUT2D eigenvalue weighted by molar-refractivity contribution is -0.167. The summed E-state index contributed by atoms with van der Waals surface area (Å²) >= 11 is 0. The molecule has 0 rings (SSSR count). The van der Waals surface area contributed by atoms with Gasteiger partial charge in [-0.15, -0.1) is 0 Å². The molecule has 1 unspecified atom stereocenters. The fraction of sp³-hybridized carbons (Fsp3) is 0.857. The molecule has 0 aliphatic carbocycles. The number of hydrogen-bond acceptors (Lipinski definition) is 6. The summed E-state index contributed by atoms with van der Waals surface area (Å²) in [5.74, 6) is -0.863. The van der Waals surface area contributed by atoms with Crippen molar-refractivity contribution in [3.05, 3.63) is 36.5 Å². The van der Waals surface area contributed by atoms with Gasteiger partial charge in [0.05, 0.1) is 0 Å². The van der Waals surface area contributed by atoms with Crippen molar-refractivity contribution in [1.82, 2.24) is 0 Å². The first-order valence-electron chi connectivity index (χ1n) is 30.5. The maximum atomic E-state index is 12.9. The molecular formula is C63H116O6. The van der Waals surface area contributed by atoms with Gasteiger partial charge in [0.15, 0.2) is 6.10 Å². The van der Waals surface area contributed by atoms with Gasteiger partial charge in [-0.3, -0.25) is 14.4 Å². The third-order valence-corrected chi connectivity index (χ3v) is 13.6.